The van der Waals surface area contributed by atoms with Gasteiger partial charge in [0.15, 0.2) is 5.76 Å². The quantitative estimate of drug-likeness (QED) is 0.165. The van der Waals surface area contributed by atoms with Crippen LogP contribution in [0.4, 0.5) is 28.9 Å². The summed E-state index contributed by atoms with van der Waals surface area (Å²) in [7, 11) is 0. The number of oxazole rings is 1. The lowest BCUT2D eigenvalue weighted by Crippen LogP contribution is -2.43. The first-order valence-corrected chi connectivity index (χ1v) is 16.8. The third-order valence-corrected chi connectivity index (χ3v) is 9.19. The second kappa shape index (κ2) is 14.7. The second-order valence-corrected chi connectivity index (χ2v) is 12.8. The zero-order valence-electron chi connectivity index (χ0n) is 28.0. The van der Waals surface area contributed by atoms with Crippen LogP contribution in [0.2, 0.25) is 0 Å². The summed E-state index contributed by atoms with van der Waals surface area (Å²) in [5.74, 6) is -4.82. The van der Waals surface area contributed by atoms with Gasteiger partial charge in [-0.1, -0.05) is 0 Å². The minimum absolute atomic E-state index is 0.161. The third-order valence-electron chi connectivity index (χ3n) is 9.19. The summed E-state index contributed by atoms with van der Waals surface area (Å²) in [5.41, 5.74) is 1.91. The van der Waals surface area contributed by atoms with Crippen LogP contribution in [0, 0.1) is 23.3 Å². The van der Waals surface area contributed by atoms with Crippen LogP contribution in [0.5, 0.6) is 0 Å². The van der Waals surface area contributed by atoms with E-state index in [0.29, 0.717) is 72.0 Å². The molecule has 7 rings (SSSR count). The van der Waals surface area contributed by atoms with E-state index in [1.54, 1.807) is 54.7 Å². The topological polar surface area (TPSA) is 125 Å². The van der Waals surface area contributed by atoms with Crippen LogP contribution in [0.25, 0.3) is 22.8 Å². The number of amides is 4. The lowest BCUT2D eigenvalue weighted by molar-refractivity contribution is -0.120. The molecule has 1 aromatic heterocycles. The summed E-state index contributed by atoms with van der Waals surface area (Å²) in [4.78, 5) is 59.2. The summed E-state index contributed by atoms with van der Waals surface area (Å²) in [6.45, 7) is 0.562. The molecule has 5 aromatic rings. The lowest BCUT2D eigenvalue weighted by Gasteiger charge is -2.24. The van der Waals surface area contributed by atoms with E-state index in [-0.39, 0.29) is 24.2 Å². The number of rotatable bonds is 8. The first-order chi connectivity index (χ1) is 25.5. The van der Waals surface area contributed by atoms with Crippen molar-refractivity contribution in [1.29, 1.82) is 0 Å². The van der Waals surface area contributed by atoms with Gasteiger partial charge in [0.1, 0.15) is 35.4 Å². The molecule has 3 heterocycles. The fourth-order valence-corrected chi connectivity index (χ4v) is 6.66. The smallest absolute Gasteiger partial charge is 0.254 e. The molecule has 4 aromatic carbocycles. The Morgan fingerprint density at radius 3 is 1.45 bits per heavy atom. The van der Waals surface area contributed by atoms with Crippen LogP contribution in [-0.2, 0) is 9.59 Å². The van der Waals surface area contributed by atoms with Crippen LogP contribution in [0.1, 0.15) is 46.4 Å². The largest absolute Gasteiger partial charge is 0.436 e. The van der Waals surface area contributed by atoms with Crippen molar-refractivity contribution >= 4 is 35.0 Å². The van der Waals surface area contributed by atoms with E-state index in [4.69, 9.17) is 4.42 Å². The van der Waals surface area contributed by atoms with Gasteiger partial charge < -0.3 is 24.9 Å². The molecule has 270 valence electrons. The van der Waals surface area contributed by atoms with Crippen molar-refractivity contribution in [2.75, 3.05) is 23.7 Å². The summed E-state index contributed by atoms with van der Waals surface area (Å²) < 4.78 is 60.8. The van der Waals surface area contributed by atoms with E-state index in [2.05, 4.69) is 15.6 Å². The molecule has 0 spiro atoms. The number of hydrogen-bond acceptors (Lipinski definition) is 6. The average Bonchev–Trinajstić information content (AvgIpc) is 3.93. The van der Waals surface area contributed by atoms with Gasteiger partial charge in [-0.05, 0) is 98.5 Å². The molecule has 2 aliphatic heterocycles. The first-order valence-electron chi connectivity index (χ1n) is 16.8. The molecule has 2 aliphatic rings. The summed E-state index contributed by atoms with van der Waals surface area (Å²) >= 11 is 0. The Kier molecular flexibility index (Phi) is 9.76. The van der Waals surface area contributed by atoms with E-state index in [1.165, 1.54) is 9.80 Å². The Morgan fingerprint density at radius 1 is 0.604 bits per heavy atom. The second-order valence-electron chi connectivity index (χ2n) is 12.8. The number of anilines is 2. The molecule has 2 unspecified atom stereocenters. The van der Waals surface area contributed by atoms with Crippen molar-refractivity contribution in [3.8, 4) is 22.8 Å². The van der Waals surface area contributed by atoms with E-state index in [1.807, 2.05) is 0 Å². The van der Waals surface area contributed by atoms with Crippen molar-refractivity contribution < 1.29 is 41.2 Å². The zero-order valence-corrected chi connectivity index (χ0v) is 28.0. The van der Waals surface area contributed by atoms with Crippen LogP contribution in [-0.4, -0.2) is 63.6 Å². The Hall–Kier alpha value is -6.31. The monoisotopic (exact) mass is 725 g/mol. The van der Waals surface area contributed by atoms with E-state index >= 15 is 0 Å². The van der Waals surface area contributed by atoms with Crippen molar-refractivity contribution in [2.45, 2.75) is 37.8 Å². The van der Waals surface area contributed by atoms with Gasteiger partial charge in [0, 0.05) is 58.9 Å². The van der Waals surface area contributed by atoms with Gasteiger partial charge in [-0.25, -0.2) is 22.5 Å². The number of hydrogen-bond donors (Lipinski definition) is 2. The highest BCUT2D eigenvalue weighted by Gasteiger charge is 2.36. The fourth-order valence-electron chi connectivity index (χ4n) is 6.66. The maximum Gasteiger partial charge on any atom is 0.254 e. The molecule has 0 bridgehead atoms. The van der Waals surface area contributed by atoms with Crippen LogP contribution >= 0.6 is 0 Å². The molecule has 2 N–H and O–H groups in total. The minimum Gasteiger partial charge on any atom is -0.436 e. The SMILES string of the molecule is O=C(Nc1ccc(-c2cnc(-c3ccc(NC(=O)C4CCCN4C(=O)c4cc(F)cc(F)c4)cc3)o2)cc1)C1CCCN1C(=O)c1cc(F)cc(F)c1. The lowest BCUT2D eigenvalue weighted by atomic mass is 10.1. The fraction of sp³-hybridized carbons (Fsp3) is 0.205. The highest BCUT2D eigenvalue weighted by Crippen LogP contribution is 2.29. The van der Waals surface area contributed by atoms with Crippen molar-refractivity contribution in [3.05, 3.63) is 126 Å². The van der Waals surface area contributed by atoms with Crippen molar-refractivity contribution in [1.82, 2.24) is 14.8 Å². The van der Waals surface area contributed by atoms with Gasteiger partial charge in [0.25, 0.3) is 11.8 Å². The molecule has 53 heavy (non-hydrogen) atoms. The number of nitrogens with zero attached hydrogens (tertiary/aromatic N) is 3. The average molecular weight is 726 g/mol. The highest BCUT2D eigenvalue weighted by atomic mass is 19.1. The van der Waals surface area contributed by atoms with Crippen LogP contribution in [0.3, 0.4) is 0 Å². The molecular formula is C39H31F4N5O5. The maximum atomic E-state index is 13.7. The standard InChI is InChI=1S/C39H31F4N5O5/c40-26-15-24(16-27(41)19-26)38(51)47-13-1-3-32(47)35(49)45-30-9-5-22(6-10-30)34-21-44-37(53-34)23-7-11-31(12-8-23)46-36(50)33-4-2-14-48(33)39(52)25-17-28(42)20-29(43)18-25/h5-12,15-21,32-33H,1-4,13-14H2,(H,45,49)(H,46,50). The third kappa shape index (κ3) is 7.66. The van der Waals surface area contributed by atoms with Gasteiger partial charge in [-0.3, -0.25) is 19.2 Å². The van der Waals surface area contributed by atoms with Gasteiger partial charge in [0.2, 0.25) is 17.7 Å². The van der Waals surface area contributed by atoms with Crippen molar-refractivity contribution in [3.63, 3.8) is 0 Å². The predicted octanol–water partition coefficient (Wildman–Crippen LogP) is 7.05. The molecular weight excluding hydrogens is 694 g/mol. The number of benzene rings is 4. The number of likely N-dealkylation sites (tertiary alicyclic amines) is 2. The number of carbonyl (C=O) groups is 4. The molecule has 0 aliphatic carbocycles. The minimum atomic E-state index is -0.875. The van der Waals surface area contributed by atoms with E-state index in [9.17, 15) is 36.7 Å². The van der Waals surface area contributed by atoms with Gasteiger partial charge in [0.05, 0.1) is 6.20 Å². The number of nitrogens with one attached hydrogen (secondary N) is 2. The summed E-state index contributed by atoms with van der Waals surface area (Å²) in [6, 6.07) is 17.1. The molecule has 10 nitrogen and oxygen atoms in total. The van der Waals surface area contributed by atoms with Crippen LogP contribution in [0.15, 0.2) is 95.5 Å². The molecule has 4 amide bonds. The number of carbonyl (C=O) groups excluding carboxylic acids is 4. The molecule has 0 saturated carbocycles. The van der Waals surface area contributed by atoms with E-state index < -0.39 is 59.0 Å². The van der Waals surface area contributed by atoms with Crippen LogP contribution < -0.4 is 10.6 Å². The summed E-state index contributed by atoms with van der Waals surface area (Å²) in [6.07, 6.45) is 3.49. The van der Waals surface area contributed by atoms with Gasteiger partial charge >= 0.3 is 0 Å². The molecule has 0 radical (unpaired) electrons. The Balaban J connectivity index is 0.953. The zero-order chi connectivity index (χ0) is 37.2. The number of aromatic nitrogens is 1. The molecule has 2 atom stereocenters. The molecule has 14 heteroatoms. The maximum absolute atomic E-state index is 13.7. The Bertz CT molecular complexity index is 2010. The van der Waals surface area contributed by atoms with Crippen molar-refractivity contribution in [2.24, 2.45) is 0 Å². The number of halogens is 4. The Labute approximate surface area is 300 Å². The highest BCUT2D eigenvalue weighted by molar-refractivity contribution is 6.02. The summed E-state index contributed by atoms with van der Waals surface area (Å²) in [5, 5.41) is 5.60. The predicted molar refractivity (Wildman–Crippen MR) is 185 cm³/mol. The Morgan fingerprint density at radius 2 is 1.02 bits per heavy atom. The molecule has 2 saturated heterocycles. The van der Waals surface area contributed by atoms with E-state index in [0.717, 1.165) is 24.3 Å². The van der Waals surface area contributed by atoms with Gasteiger partial charge in [-0.2, -0.15) is 0 Å². The molecule has 2 fully saturated rings. The van der Waals surface area contributed by atoms with Gasteiger partial charge in [-0.15, -0.1) is 0 Å². The normalized spacial score (nSPS) is 16.8. The first kappa shape index (κ1) is 35.1.